The molecular weight excluding hydrogens is 461 g/mol. The van der Waals surface area contributed by atoms with Crippen molar-refractivity contribution in [3.63, 3.8) is 0 Å². The molecule has 3 aromatic rings. The molecule has 1 heterocycles. The van der Waals surface area contributed by atoms with Crippen LogP contribution < -0.4 is 4.74 Å². The molecule has 0 unspecified atom stereocenters. The van der Waals surface area contributed by atoms with Gasteiger partial charge >= 0.3 is 6.09 Å². The normalized spacial score (nSPS) is 14.8. The number of hydrogen-bond donors (Lipinski definition) is 0. The predicted octanol–water partition coefficient (Wildman–Crippen LogP) is 5.86. The first kappa shape index (κ1) is 20.1. The smallest absolute Gasteiger partial charge is 0.410 e. The number of ether oxygens (including phenoxy) is 2. The second-order valence-corrected chi connectivity index (χ2v) is 8.33. The molecule has 1 aliphatic heterocycles. The van der Waals surface area contributed by atoms with Gasteiger partial charge in [0.1, 0.15) is 13.2 Å². The number of carbonyl (C=O) groups excluding carboxylic acids is 1. The maximum absolute atomic E-state index is 14.4. The van der Waals surface area contributed by atoms with Crippen molar-refractivity contribution in [1.82, 2.24) is 4.90 Å². The van der Waals surface area contributed by atoms with Gasteiger partial charge in [-0.2, -0.15) is 0 Å². The first-order valence-corrected chi connectivity index (χ1v) is 11.4. The Bertz CT molecular complexity index is 1100. The fraction of sp³-hybridized carbons (Fsp3) is 0.240. The molecule has 158 valence electrons. The Morgan fingerprint density at radius 3 is 2.45 bits per heavy atom. The fourth-order valence-electron chi connectivity index (χ4n) is 4.45. The zero-order valence-electron chi connectivity index (χ0n) is 16.8. The summed E-state index contributed by atoms with van der Waals surface area (Å²) in [5.74, 6) is -0.177. The van der Waals surface area contributed by atoms with Crippen LogP contribution in [0.1, 0.15) is 28.2 Å². The third kappa shape index (κ3) is 3.69. The van der Waals surface area contributed by atoms with Crippen LogP contribution in [-0.2, 0) is 16.6 Å². The number of benzene rings is 3. The van der Waals surface area contributed by atoms with Crippen molar-refractivity contribution < 1.29 is 18.7 Å². The van der Waals surface area contributed by atoms with Gasteiger partial charge in [-0.15, -0.1) is 0 Å². The van der Waals surface area contributed by atoms with E-state index in [-0.39, 0.29) is 31.4 Å². The van der Waals surface area contributed by atoms with Crippen LogP contribution in [-0.4, -0.2) is 30.8 Å². The van der Waals surface area contributed by atoms with Crippen molar-refractivity contribution >= 4 is 22.0 Å². The Kier molecular flexibility index (Phi) is 5.40. The molecule has 0 radical (unpaired) electrons. The van der Waals surface area contributed by atoms with E-state index in [0.717, 1.165) is 5.56 Å². The highest BCUT2D eigenvalue weighted by Crippen LogP contribution is 2.44. The van der Waals surface area contributed by atoms with E-state index in [2.05, 4.69) is 40.2 Å². The lowest BCUT2D eigenvalue weighted by Crippen LogP contribution is -2.33. The summed E-state index contributed by atoms with van der Waals surface area (Å²) in [6.45, 7) is 1.08. The van der Waals surface area contributed by atoms with Crippen LogP contribution in [0.3, 0.4) is 0 Å². The third-order valence-electron chi connectivity index (χ3n) is 5.90. The van der Waals surface area contributed by atoms with Crippen molar-refractivity contribution in [1.29, 1.82) is 0 Å². The lowest BCUT2D eigenvalue weighted by atomic mass is 9.98. The topological polar surface area (TPSA) is 38.8 Å². The van der Waals surface area contributed by atoms with Crippen LogP contribution in [0.4, 0.5) is 9.18 Å². The molecule has 5 rings (SSSR count). The van der Waals surface area contributed by atoms with E-state index in [1.54, 1.807) is 4.90 Å². The van der Waals surface area contributed by atoms with Crippen molar-refractivity contribution in [3.05, 3.63) is 88.7 Å². The van der Waals surface area contributed by atoms with Gasteiger partial charge in [0.15, 0.2) is 11.6 Å². The minimum absolute atomic E-state index is 0.00399. The van der Waals surface area contributed by atoms with E-state index in [4.69, 9.17) is 9.47 Å². The molecule has 1 aliphatic carbocycles. The average molecular weight is 482 g/mol. The van der Waals surface area contributed by atoms with Gasteiger partial charge in [-0.05, 0) is 39.9 Å². The number of halogens is 2. The number of amides is 1. The Balaban J connectivity index is 1.34. The van der Waals surface area contributed by atoms with E-state index in [0.29, 0.717) is 17.4 Å². The molecule has 0 aromatic heterocycles. The highest BCUT2D eigenvalue weighted by Gasteiger charge is 2.30. The fourth-order valence-corrected chi connectivity index (χ4v) is 4.78. The number of hydrogen-bond acceptors (Lipinski definition) is 3. The van der Waals surface area contributed by atoms with Gasteiger partial charge in [-0.1, -0.05) is 64.5 Å². The Hall–Kier alpha value is -2.86. The summed E-state index contributed by atoms with van der Waals surface area (Å²) in [6.07, 6.45) is -0.414. The maximum Gasteiger partial charge on any atom is 0.410 e. The van der Waals surface area contributed by atoms with E-state index in [1.807, 2.05) is 30.3 Å². The van der Waals surface area contributed by atoms with Gasteiger partial charge in [-0.25, -0.2) is 9.18 Å². The second kappa shape index (κ2) is 8.35. The van der Waals surface area contributed by atoms with Gasteiger partial charge in [0, 0.05) is 16.8 Å². The molecule has 2 aliphatic rings. The Labute approximate surface area is 188 Å². The largest absolute Gasteiger partial charge is 0.488 e. The van der Waals surface area contributed by atoms with Gasteiger partial charge in [0.05, 0.1) is 13.1 Å². The van der Waals surface area contributed by atoms with Crippen LogP contribution in [0, 0.1) is 5.82 Å². The molecule has 4 nitrogen and oxygen atoms in total. The molecule has 6 heteroatoms. The summed E-state index contributed by atoms with van der Waals surface area (Å²) in [6, 6.07) is 19.8. The summed E-state index contributed by atoms with van der Waals surface area (Å²) in [5.41, 5.74) is 6.17. The first-order chi connectivity index (χ1) is 15.2. The second-order valence-electron chi connectivity index (χ2n) is 7.77. The zero-order chi connectivity index (χ0) is 21.4. The predicted molar refractivity (Wildman–Crippen MR) is 120 cm³/mol. The van der Waals surface area contributed by atoms with Crippen LogP contribution in [0.15, 0.2) is 60.7 Å². The molecule has 0 spiro atoms. The van der Waals surface area contributed by atoms with Crippen molar-refractivity contribution in [3.8, 4) is 16.9 Å². The van der Waals surface area contributed by atoms with Gasteiger partial charge < -0.3 is 14.4 Å². The van der Waals surface area contributed by atoms with Crippen LogP contribution in [0.5, 0.6) is 5.75 Å². The lowest BCUT2D eigenvalue weighted by molar-refractivity contribution is 0.0947. The number of alkyl halides is 1. The number of rotatable bonds is 3. The molecule has 0 bridgehead atoms. The molecule has 0 fully saturated rings. The summed E-state index contributed by atoms with van der Waals surface area (Å²) < 4.78 is 25.7. The number of fused-ring (bicyclic) bond motifs is 4. The van der Waals surface area contributed by atoms with Gasteiger partial charge in [0.2, 0.25) is 0 Å². The van der Waals surface area contributed by atoms with E-state index >= 15 is 0 Å². The lowest BCUT2D eigenvalue weighted by Gasteiger charge is -2.21. The van der Waals surface area contributed by atoms with E-state index < -0.39 is 11.9 Å². The summed E-state index contributed by atoms with van der Waals surface area (Å²) in [5, 5.41) is 0.530. The standard InChI is InChI=1S/C25H21BrFNO3/c26-13-16-11-17-14-28(9-10-30-24(17)23(27)12-16)25(29)31-15-22-20-7-3-1-5-18(20)19-6-2-4-8-21(19)22/h1-8,11-12,22H,9-10,13-15H2. The summed E-state index contributed by atoms with van der Waals surface area (Å²) in [7, 11) is 0. The highest BCUT2D eigenvalue weighted by atomic mass is 79.9. The molecule has 0 saturated heterocycles. The molecule has 0 atom stereocenters. The van der Waals surface area contributed by atoms with Crippen molar-refractivity contribution in [2.24, 2.45) is 0 Å². The number of nitrogens with zero attached hydrogens (tertiary/aromatic N) is 1. The maximum atomic E-state index is 14.4. The molecule has 31 heavy (non-hydrogen) atoms. The van der Waals surface area contributed by atoms with Crippen molar-refractivity contribution in [2.75, 3.05) is 19.8 Å². The molecule has 3 aromatic carbocycles. The zero-order valence-corrected chi connectivity index (χ0v) is 18.4. The first-order valence-electron chi connectivity index (χ1n) is 10.3. The molecule has 0 N–H and O–H groups in total. The quantitative estimate of drug-likeness (QED) is 0.439. The molecule has 1 amide bonds. The summed E-state index contributed by atoms with van der Waals surface area (Å²) >= 11 is 3.36. The van der Waals surface area contributed by atoms with Gasteiger partial charge in [0.25, 0.3) is 0 Å². The van der Waals surface area contributed by atoms with E-state index in [9.17, 15) is 9.18 Å². The van der Waals surface area contributed by atoms with Crippen LogP contribution in [0.2, 0.25) is 0 Å². The molecular formula is C25H21BrFNO3. The highest BCUT2D eigenvalue weighted by molar-refractivity contribution is 9.08. The molecule has 0 saturated carbocycles. The van der Waals surface area contributed by atoms with Crippen LogP contribution in [0.25, 0.3) is 11.1 Å². The Morgan fingerprint density at radius 2 is 1.77 bits per heavy atom. The SMILES string of the molecule is O=C(OCC1c2ccccc2-c2ccccc21)N1CCOc2c(F)cc(CBr)cc2C1. The minimum Gasteiger partial charge on any atom is -0.488 e. The average Bonchev–Trinajstić information content (AvgIpc) is 2.95. The van der Waals surface area contributed by atoms with Crippen LogP contribution >= 0.6 is 15.9 Å². The van der Waals surface area contributed by atoms with E-state index in [1.165, 1.54) is 28.3 Å². The van der Waals surface area contributed by atoms with Gasteiger partial charge in [-0.3, -0.25) is 0 Å². The minimum atomic E-state index is -0.414. The van der Waals surface area contributed by atoms with Crippen molar-refractivity contribution in [2.45, 2.75) is 17.8 Å². The monoisotopic (exact) mass is 481 g/mol. The summed E-state index contributed by atoms with van der Waals surface area (Å²) in [4.78, 5) is 14.5. The number of carbonyl (C=O) groups is 1. The third-order valence-corrected chi connectivity index (χ3v) is 6.55. The Morgan fingerprint density at radius 1 is 1.10 bits per heavy atom.